The maximum Gasteiger partial charge on any atom is 0.319 e. The Morgan fingerprint density at radius 2 is 1.82 bits per heavy atom. The molecule has 1 fully saturated rings. The van der Waals surface area contributed by atoms with Crippen LogP contribution in [0.5, 0.6) is 0 Å². The van der Waals surface area contributed by atoms with Crippen molar-refractivity contribution in [3.05, 3.63) is 46.7 Å². The first-order valence-corrected chi connectivity index (χ1v) is 10.7. The minimum atomic E-state index is -0.185. The summed E-state index contributed by atoms with van der Waals surface area (Å²) in [6.07, 6.45) is 0.324. The predicted molar refractivity (Wildman–Crippen MR) is 117 cm³/mol. The number of benzene rings is 1. The minimum absolute atomic E-state index is 0.0527. The van der Waals surface area contributed by atoms with Crippen molar-refractivity contribution in [2.24, 2.45) is 5.41 Å². The predicted octanol–water partition coefficient (Wildman–Crippen LogP) is 5.27. The lowest BCUT2D eigenvalue weighted by Crippen LogP contribution is -2.46. The third-order valence-corrected chi connectivity index (χ3v) is 5.82. The maximum atomic E-state index is 12.9. The number of morpholine rings is 1. The molecule has 1 aromatic carbocycles. The molecule has 2 heterocycles. The lowest BCUT2D eigenvalue weighted by Gasteiger charge is -2.37. The van der Waals surface area contributed by atoms with Gasteiger partial charge in [0.2, 0.25) is 0 Å². The van der Waals surface area contributed by atoms with Gasteiger partial charge in [0.25, 0.3) is 0 Å². The number of urea groups is 1. The van der Waals surface area contributed by atoms with Gasteiger partial charge in [0, 0.05) is 18.0 Å². The summed E-state index contributed by atoms with van der Waals surface area (Å²) in [4.78, 5) is 16.3. The first-order valence-electron chi connectivity index (χ1n) is 9.84. The molecule has 6 heteroatoms. The van der Waals surface area contributed by atoms with Crippen molar-refractivity contribution < 1.29 is 9.53 Å². The Morgan fingerprint density at radius 3 is 2.43 bits per heavy atom. The molecule has 1 aromatic heterocycles. The van der Waals surface area contributed by atoms with Crippen LogP contribution >= 0.6 is 11.3 Å². The standard InChI is InChI=1S/C22H31N3O2S/c1-15-13-25(14-16(2)27-15)18-10-7-6-9-17(18)23-21(26)24-20(22(3,4)5)19-11-8-12-28-19/h6-12,15-16,20H,13-14H2,1-5H3,(H2,23,24,26)/t15-,16-,20-/m1/s1. The van der Waals surface area contributed by atoms with Crippen molar-refractivity contribution >= 4 is 28.7 Å². The molecule has 0 radical (unpaired) electrons. The zero-order valence-corrected chi connectivity index (χ0v) is 18.2. The van der Waals surface area contributed by atoms with Crippen LogP contribution in [0.15, 0.2) is 41.8 Å². The molecule has 2 aromatic rings. The molecule has 28 heavy (non-hydrogen) atoms. The number of ether oxygens (including phenoxy) is 1. The molecule has 0 spiro atoms. The molecule has 1 saturated heterocycles. The lowest BCUT2D eigenvalue weighted by atomic mass is 9.86. The second kappa shape index (κ2) is 8.53. The molecule has 2 N–H and O–H groups in total. The van der Waals surface area contributed by atoms with Crippen LogP contribution in [-0.4, -0.2) is 31.3 Å². The third-order valence-electron chi connectivity index (χ3n) is 4.88. The summed E-state index contributed by atoms with van der Waals surface area (Å²) in [6, 6.07) is 11.8. The second-order valence-corrected chi connectivity index (χ2v) is 9.57. The van der Waals surface area contributed by atoms with Gasteiger partial charge in [-0.25, -0.2) is 4.79 Å². The van der Waals surface area contributed by atoms with E-state index in [4.69, 9.17) is 4.74 Å². The number of nitrogens with zero attached hydrogens (tertiary/aromatic N) is 1. The van der Waals surface area contributed by atoms with Crippen molar-refractivity contribution in [1.82, 2.24) is 5.32 Å². The van der Waals surface area contributed by atoms with E-state index in [9.17, 15) is 4.79 Å². The number of anilines is 2. The molecule has 3 atom stereocenters. The number of para-hydroxylation sites is 2. The Balaban J connectivity index is 1.75. The fraction of sp³-hybridized carbons (Fsp3) is 0.500. The Hall–Kier alpha value is -2.05. The van der Waals surface area contributed by atoms with E-state index in [-0.39, 0.29) is 29.7 Å². The van der Waals surface area contributed by atoms with Crippen LogP contribution in [0.25, 0.3) is 0 Å². The maximum absolute atomic E-state index is 12.9. The van der Waals surface area contributed by atoms with Gasteiger partial charge in [0.1, 0.15) is 0 Å². The van der Waals surface area contributed by atoms with Crippen molar-refractivity contribution in [2.75, 3.05) is 23.3 Å². The van der Waals surface area contributed by atoms with Crippen molar-refractivity contribution in [3.63, 3.8) is 0 Å². The quantitative estimate of drug-likeness (QED) is 0.734. The van der Waals surface area contributed by atoms with Crippen molar-refractivity contribution in [2.45, 2.75) is 52.9 Å². The third kappa shape index (κ3) is 5.06. The van der Waals surface area contributed by atoms with E-state index in [1.54, 1.807) is 11.3 Å². The van der Waals surface area contributed by atoms with Crippen LogP contribution in [0.2, 0.25) is 0 Å². The topological polar surface area (TPSA) is 53.6 Å². The van der Waals surface area contributed by atoms with Gasteiger partial charge in [-0.15, -0.1) is 11.3 Å². The highest BCUT2D eigenvalue weighted by atomic mass is 32.1. The van der Waals surface area contributed by atoms with E-state index in [1.165, 1.54) is 0 Å². The fourth-order valence-corrected chi connectivity index (χ4v) is 4.71. The molecular weight excluding hydrogens is 370 g/mol. The number of carbonyl (C=O) groups excluding carboxylic acids is 1. The lowest BCUT2D eigenvalue weighted by molar-refractivity contribution is -0.00517. The molecule has 1 aliphatic rings. The van der Waals surface area contributed by atoms with Gasteiger partial charge in [0.05, 0.1) is 29.6 Å². The number of rotatable bonds is 4. The number of carbonyl (C=O) groups is 1. The molecule has 152 valence electrons. The largest absolute Gasteiger partial charge is 0.372 e. The van der Waals surface area contributed by atoms with Crippen LogP contribution in [0, 0.1) is 5.41 Å². The molecular formula is C22H31N3O2S. The van der Waals surface area contributed by atoms with Gasteiger partial charge in [-0.05, 0) is 42.8 Å². The first-order chi connectivity index (χ1) is 13.2. The summed E-state index contributed by atoms with van der Waals surface area (Å²) in [6.45, 7) is 12.2. The molecule has 2 amide bonds. The van der Waals surface area contributed by atoms with Gasteiger partial charge in [0.15, 0.2) is 0 Å². The number of hydrogen-bond donors (Lipinski definition) is 2. The normalized spacial score (nSPS) is 21.2. The number of thiophene rings is 1. The van der Waals surface area contributed by atoms with Crippen LogP contribution in [0.4, 0.5) is 16.2 Å². The Labute approximate surface area is 172 Å². The van der Waals surface area contributed by atoms with Crippen molar-refractivity contribution in [3.8, 4) is 0 Å². The summed E-state index contributed by atoms with van der Waals surface area (Å²) < 4.78 is 5.85. The Kier molecular flexibility index (Phi) is 6.30. The second-order valence-electron chi connectivity index (χ2n) is 8.59. The highest BCUT2D eigenvalue weighted by Gasteiger charge is 2.29. The number of nitrogens with one attached hydrogen (secondary N) is 2. The Morgan fingerprint density at radius 1 is 1.14 bits per heavy atom. The monoisotopic (exact) mass is 401 g/mol. The van der Waals surface area contributed by atoms with E-state index in [2.05, 4.69) is 62.3 Å². The van der Waals surface area contributed by atoms with Gasteiger partial charge in [-0.3, -0.25) is 0 Å². The molecule has 3 rings (SSSR count). The zero-order chi connectivity index (χ0) is 20.3. The molecule has 0 saturated carbocycles. The smallest absolute Gasteiger partial charge is 0.319 e. The van der Waals surface area contributed by atoms with Gasteiger partial charge < -0.3 is 20.3 Å². The fourth-order valence-electron chi connectivity index (χ4n) is 3.69. The molecule has 5 nitrogen and oxygen atoms in total. The zero-order valence-electron chi connectivity index (χ0n) is 17.4. The summed E-state index contributed by atoms with van der Waals surface area (Å²) in [5, 5.41) is 8.29. The summed E-state index contributed by atoms with van der Waals surface area (Å²) in [5.41, 5.74) is 1.76. The van der Waals surface area contributed by atoms with Crippen LogP contribution in [0.3, 0.4) is 0 Å². The molecule has 0 unspecified atom stereocenters. The minimum Gasteiger partial charge on any atom is -0.372 e. The summed E-state index contributed by atoms with van der Waals surface area (Å²) >= 11 is 1.67. The van der Waals surface area contributed by atoms with E-state index in [0.717, 1.165) is 29.3 Å². The average Bonchev–Trinajstić information content (AvgIpc) is 3.12. The number of hydrogen-bond acceptors (Lipinski definition) is 4. The van der Waals surface area contributed by atoms with Gasteiger partial charge >= 0.3 is 6.03 Å². The van der Waals surface area contributed by atoms with Crippen molar-refractivity contribution in [1.29, 1.82) is 0 Å². The van der Waals surface area contributed by atoms with Crippen LogP contribution < -0.4 is 15.5 Å². The summed E-state index contributed by atoms with van der Waals surface area (Å²) in [7, 11) is 0. The van der Waals surface area contributed by atoms with Crippen LogP contribution in [0.1, 0.15) is 45.5 Å². The highest BCUT2D eigenvalue weighted by Crippen LogP contribution is 2.35. The average molecular weight is 402 g/mol. The SMILES string of the molecule is C[C@@H]1CN(c2ccccc2NC(=O)N[C@H](c2cccs2)C(C)(C)C)C[C@@H](C)O1. The summed E-state index contributed by atoms with van der Waals surface area (Å²) in [5.74, 6) is 0. The number of amides is 2. The van der Waals surface area contributed by atoms with Gasteiger partial charge in [-0.1, -0.05) is 39.0 Å². The molecule has 1 aliphatic heterocycles. The van der Waals surface area contributed by atoms with E-state index in [1.807, 2.05) is 29.6 Å². The molecule has 0 bridgehead atoms. The van der Waals surface area contributed by atoms with E-state index < -0.39 is 0 Å². The van der Waals surface area contributed by atoms with Gasteiger partial charge in [-0.2, -0.15) is 0 Å². The highest BCUT2D eigenvalue weighted by molar-refractivity contribution is 7.10. The first kappa shape index (κ1) is 20.7. The van der Waals surface area contributed by atoms with E-state index >= 15 is 0 Å². The van der Waals surface area contributed by atoms with E-state index in [0.29, 0.717) is 0 Å². The Bertz CT molecular complexity index is 775. The van der Waals surface area contributed by atoms with Crippen LogP contribution in [-0.2, 0) is 4.74 Å². The molecule has 0 aliphatic carbocycles.